The molecular formula is C14H14F2N2O. The molecule has 1 unspecified atom stereocenters. The molecule has 2 rings (SSSR count). The zero-order valence-electron chi connectivity index (χ0n) is 10.4. The van der Waals surface area contributed by atoms with Crippen LogP contribution in [0.3, 0.4) is 0 Å². The second kappa shape index (κ2) is 5.75. The van der Waals surface area contributed by atoms with Crippen molar-refractivity contribution in [2.75, 3.05) is 0 Å². The van der Waals surface area contributed by atoms with Crippen LogP contribution in [0.5, 0.6) is 5.75 Å². The van der Waals surface area contributed by atoms with Crippen molar-refractivity contribution in [3.63, 3.8) is 0 Å². The summed E-state index contributed by atoms with van der Waals surface area (Å²) in [6.07, 6.45) is 3.38. The van der Waals surface area contributed by atoms with E-state index in [0.29, 0.717) is 12.1 Å². The molecular weight excluding hydrogens is 250 g/mol. The van der Waals surface area contributed by atoms with E-state index in [-0.39, 0.29) is 6.04 Å². The first-order valence-corrected chi connectivity index (χ1v) is 5.88. The third-order valence-corrected chi connectivity index (χ3v) is 2.90. The van der Waals surface area contributed by atoms with Crippen molar-refractivity contribution in [3.8, 4) is 5.75 Å². The lowest BCUT2D eigenvalue weighted by atomic mass is 10.1. The molecule has 5 heteroatoms. The van der Waals surface area contributed by atoms with Crippen LogP contribution in [-0.2, 0) is 6.54 Å². The van der Waals surface area contributed by atoms with Crippen LogP contribution in [0.1, 0.15) is 24.1 Å². The summed E-state index contributed by atoms with van der Waals surface area (Å²) in [6.45, 7) is 2.25. The van der Waals surface area contributed by atoms with Gasteiger partial charge in [0.2, 0.25) is 0 Å². The van der Waals surface area contributed by atoms with E-state index in [2.05, 4.69) is 10.3 Å². The van der Waals surface area contributed by atoms with E-state index in [1.54, 1.807) is 12.4 Å². The molecule has 19 heavy (non-hydrogen) atoms. The Labute approximate surface area is 109 Å². The van der Waals surface area contributed by atoms with Gasteiger partial charge in [-0.1, -0.05) is 0 Å². The van der Waals surface area contributed by atoms with Gasteiger partial charge in [0, 0.05) is 25.0 Å². The zero-order valence-corrected chi connectivity index (χ0v) is 10.4. The van der Waals surface area contributed by atoms with E-state index in [9.17, 15) is 8.78 Å². The summed E-state index contributed by atoms with van der Waals surface area (Å²) in [4.78, 5) is 3.92. The van der Waals surface area contributed by atoms with Gasteiger partial charge in [-0.05, 0) is 42.3 Å². The van der Waals surface area contributed by atoms with Gasteiger partial charge >= 0.3 is 0 Å². The molecule has 1 aromatic carbocycles. The van der Waals surface area contributed by atoms with Crippen LogP contribution in [0.2, 0.25) is 0 Å². The number of pyridine rings is 1. The topological polar surface area (TPSA) is 45.1 Å². The highest BCUT2D eigenvalue weighted by Crippen LogP contribution is 2.21. The Kier molecular flexibility index (Phi) is 4.06. The molecule has 1 aromatic heterocycles. The summed E-state index contributed by atoms with van der Waals surface area (Å²) < 4.78 is 26.3. The fraction of sp³-hybridized carbons (Fsp3) is 0.214. The van der Waals surface area contributed by atoms with E-state index in [1.807, 2.05) is 19.1 Å². The van der Waals surface area contributed by atoms with Gasteiger partial charge in [-0.25, -0.2) is 8.78 Å². The Morgan fingerprint density at radius 3 is 2.37 bits per heavy atom. The maximum Gasteiger partial charge on any atom is 0.187 e. The number of phenols is 1. The van der Waals surface area contributed by atoms with E-state index in [4.69, 9.17) is 5.11 Å². The summed E-state index contributed by atoms with van der Waals surface area (Å²) >= 11 is 0. The maximum atomic E-state index is 13.2. The molecule has 0 aliphatic heterocycles. The maximum absolute atomic E-state index is 13.2. The second-order valence-electron chi connectivity index (χ2n) is 4.29. The Balaban J connectivity index is 2.03. The monoisotopic (exact) mass is 264 g/mol. The first kappa shape index (κ1) is 13.4. The molecule has 1 atom stereocenters. The molecule has 2 aromatic rings. The van der Waals surface area contributed by atoms with Gasteiger partial charge in [0.25, 0.3) is 0 Å². The minimum atomic E-state index is -0.951. The SMILES string of the molecule is CC(NCc1cc(F)c(O)c(F)c1)c1ccncc1. The van der Waals surface area contributed by atoms with Gasteiger partial charge in [0.05, 0.1) is 0 Å². The quantitative estimate of drug-likeness (QED) is 0.892. The van der Waals surface area contributed by atoms with Crippen LogP contribution in [0, 0.1) is 11.6 Å². The van der Waals surface area contributed by atoms with Crippen LogP contribution in [0.25, 0.3) is 0 Å². The van der Waals surface area contributed by atoms with E-state index in [1.165, 1.54) is 0 Å². The van der Waals surface area contributed by atoms with Crippen molar-refractivity contribution in [1.29, 1.82) is 0 Å². The number of aromatic nitrogens is 1. The largest absolute Gasteiger partial charge is 0.503 e. The molecule has 0 saturated carbocycles. The van der Waals surface area contributed by atoms with Crippen molar-refractivity contribution in [2.24, 2.45) is 0 Å². The summed E-state index contributed by atoms with van der Waals surface area (Å²) in [5.74, 6) is -2.84. The number of hydrogen-bond acceptors (Lipinski definition) is 3. The summed E-state index contributed by atoms with van der Waals surface area (Å²) in [5.41, 5.74) is 1.48. The minimum Gasteiger partial charge on any atom is -0.503 e. The van der Waals surface area contributed by atoms with Gasteiger partial charge in [-0.3, -0.25) is 4.98 Å². The molecule has 3 nitrogen and oxygen atoms in total. The third kappa shape index (κ3) is 3.26. The lowest BCUT2D eigenvalue weighted by Gasteiger charge is -2.14. The van der Waals surface area contributed by atoms with Gasteiger partial charge in [-0.15, -0.1) is 0 Å². The van der Waals surface area contributed by atoms with Crippen LogP contribution >= 0.6 is 0 Å². The molecule has 2 N–H and O–H groups in total. The first-order chi connectivity index (χ1) is 9.08. The van der Waals surface area contributed by atoms with Gasteiger partial charge in [0.1, 0.15) is 0 Å². The Morgan fingerprint density at radius 2 is 1.79 bits per heavy atom. The number of nitrogens with one attached hydrogen (secondary N) is 1. The molecule has 1 heterocycles. The lowest BCUT2D eigenvalue weighted by Crippen LogP contribution is -2.18. The molecule has 0 fully saturated rings. The fourth-order valence-corrected chi connectivity index (χ4v) is 1.76. The van der Waals surface area contributed by atoms with Gasteiger partial charge in [0.15, 0.2) is 17.4 Å². The highest BCUT2D eigenvalue weighted by Gasteiger charge is 2.10. The number of rotatable bonds is 4. The molecule has 100 valence electrons. The average molecular weight is 264 g/mol. The average Bonchev–Trinajstić information content (AvgIpc) is 2.43. The standard InChI is InChI=1S/C14H14F2N2O/c1-9(11-2-4-17-5-3-11)18-8-10-6-12(15)14(19)13(16)7-10/h2-7,9,18-19H,8H2,1H3. The van der Waals surface area contributed by atoms with Crippen LogP contribution in [-0.4, -0.2) is 10.1 Å². The van der Waals surface area contributed by atoms with Crippen LogP contribution in [0.4, 0.5) is 8.78 Å². The summed E-state index contributed by atoms with van der Waals surface area (Å²) in [7, 11) is 0. The Bertz CT molecular complexity index is 538. The zero-order chi connectivity index (χ0) is 13.8. The smallest absolute Gasteiger partial charge is 0.187 e. The molecule has 0 bridgehead atoms. The molecule has 0 radical (unpaired) electrons. The molecule has 0 aliphatic carbocycles. The van der Waals surface area contributed by atoms with Crippen molar-refractivity contribution >= 4 is 0 Å². The number of hydrogen-bond donors (Lipinski definition) is 2. The third-order valence-electron chi connectivity index (χ3n) is 2.90. The Morgan fingerprint density at radius 1 is 1.21 bits per heavy atom. The second-order valence-corrected chi connectivity index (χ2v) is 4.29. The molecule has 0 saturated heterocycles. The predicted octanol–water partition coefficient (Wildman–Crippen LogP) is 2.92. The van der Waals surface area contributed by atoms with Crippen LogP contribution in [0.15, 0.2) is 36.7 Å². The molecule has 0 amide bonds. The highest BCUT2D eigenvalue weighted by atomic mass is 19.1. The number of aromatic hydroxyl groups is 1. The summed E-state index contributed by atoms with van der Waals surface area (Å²) in [5, 5.41) is 12.2. The van der Waals surface area contributed by atoms with Crippen molar-refractivity contribution < 1.29 is 13.9 Å². The van der Waals surface area contributed by atoms with E-state index < -0.39 is 17.4 Å². The number of halogens is 2. The van der Waals surface area contributed by atoms with Crippen molar-refractivity contribution in [1.82, 2.24) is 10.3 Å². The van der Waals surface area contributed by atoms with Crippen molar-refractivity contribution in [2.45, 2.75) is 19.5 Å². The van der Waals surface area contributed by atoms with E-state index >= 15 is 0 Å². The predicted molar refractivity (Wildman–Crippen MR) is 67.5 cm³/mol. The summed E-state index contributed by atoms with van der Waals surface area (Å²) in [6, 6.07) is 6.00. The first-order valence-electron chi connectivity index (χ1n) is 5.88. The Hall–Kier alpha value is -2.01. The van der Waals surface area contributed by atoms with Gasteiger partial charge < -0.3 is 10.4 Å². The van der Waals surface area contributed by atoms with Crippen molar-refractivity contribution in [3.05, 3.63) is 59.4 Å². The highest BCUT2D eigenvalue weighted by molar-refractivity contribution is 5.30. The van der Waals surface area contributed by atoms with E-state index in [0.717, 1.165) is 17.7 Å². The van der Waals surface area contributed by atoms with Gasteiger partial charge in [-0.2, -0.15) is 0 Å². The number of phenolic OH excluding ortho intramolecular Hbond substituents is 1. The van der Waals surface area contributed by atoms with Crippen LogP contribution < -0.4 is 5.32 Å². The molecule has 0 aliphatic rings. The normalized spacial score (nSPS) is 12.4. The fourth-order valence-electron chi connectivity index (χ4n) is 1.76. The minimum absolute atomic E-state index is 0.0305. The number of benzene rings is 1. The lowest BCUT2D eigenvalue weighted by molar-refractivity contribution is 0.394. The number of nitrogens with zero attached hydrogens (tertiary/aromatic N) is 1. The molecule has 0 spiro atoms.